The van der Waals surface area contributed by atoms with Crippen molar-refractivity contribution in [2.45, 2.75) is 13.8 Å². The van der Waals surface area contributed by atoms with Crippen LogP contribution in [0.3, 0.4) is 0 Å². The summed E-state index contributed by atoms with van der Waals surface area (Å²) in [6.07, 6.45) is 0. The Morgan fingerprint density at radius 3 is 2.58 bits per heavy atom. The van der Waals surface area contributed by atoms with Crippen molar-refractivity contribution in [3.63, 3.8) is 0 Å². The van der Waals surface area contributed by atoms with Crippen LogP contribution in [-0.2, 0) is 0 Å². The zero-order valence-electron chi connectivity index (χ0n) is 10.6. The lowest BCUT2D eigenvalue weighted by atomic mass is 10.1. The summed E-state index contributed by atoms with van der Waals surface area (Å²) in [5.41, 5.74) is 3.72. The topological polar surface area (TPSA) is 29.1 Å². The second-order valence-corrected chi connectivity index (χ2v) is 6.29. The van der Waals surface area contributed by atoms with E-state index in [0.29, 0.717) is 5.56 Å². The van der Waals surface area contributed by atoms with Crippen LogP contribution in [0, 0.1) is 17.4 Å². The summed E-state index contributed by atoms with van der Waals surface area (Å²) in [6.45, 7) is 4.00. The Labute approximate surface area is 134 Å². The largest absolute Gasteiger partial charge is 0.322 e. The minimum absolute atomic E-state index is 0.0742. The number of aryl methyl sites for hydroxylation is 2. The number of anilines is 1. The third-order valence-corrected chi connectivity index (χ3v) is 5.17. The van der Waals surface area contributed by atoms with Crippen molar-refractivity contribution in [3.05, 3.63) is 61.1 Å². The van der Waals surface area contributed by atoms with Gasteiger partial charge in [-0.3, -0.25) is 4.79 Å². The Bertz CT molecular complexity index is 640. The Morgan fingerprint density at radius 1 is 1.16 bits per heavy atom. The van der Waals surface area contributed by atoms with Gasteiger partial charge in [0.25, 0.3) is 5.91 Å². The monoisotopic (exact) mass is 429 g/mol. The van der Waals surface area contributed by atoms with Gasteiger partial charge in [0.2, 0.25) is 0 Å². The minimum Gasteiger partial charge on any atom is -0.322 e. The first-order valence-electron chi connectivity index (χ1n) is 5.81. The van der Waals surface area contributed by atoms with Gasteiger partial charge in [-0.15, -0.1) is 0 Å². The molecule has 0 atom stereocenters. The zero-order chi connectivity index (χ0) is 14.0. The lowest BCUT2D eigenvalue weighted by Gasteiger charge is -2.09. The van der Waals surface area contributed by atoms with Gasteiger partial charge in [-0.05, 0) is 71.8 Å². The Hall–Kier alpha value is -0.880. The molecule has 0 unspecified atom stereocenters. The van der Waals surface area contributed by atoms with Crippen LogP contribution in [0.1, 0.15) is 21.5 Å². The first kappa shape index (κ1) is 14.5. The molecule has 1 amide bonds. The molecule has 0 radical (unpaired) electrons. The van der Waals surface area contributed by atoms with Gasteiger partial charge in [-0.2, -0.15) is 0 Å². The van der Waals surface area contributed by atoms with Crippen LogP contribution in [0.4, 0.5) is 5.69 Å². The standard InChI is InChI=1S/C15H13BrINO/c1-9-4-3-5-12(14(9)17)15(19)18-11-6-7-13(16)10(2)8-11/h3-8H,1-2H3,(H,18,19). The molecule has 0 saturated carbocycles. The number of amides is 1. The summed E-state index contributed by atoms with van der Waals surface area (Å²) >= 11 is 5.65. The predicted octanol–water partition coefficient (Wildman–Crippen LogP) is 4.92. The SMILES string of the molecule is Cc1cc(NC(=O)c2cccc(C)c2I)ccc1Br. The van der Waals surface area contributed by atoms with E-state index in [4.69, 9.17) is 0 Å². The summed E-state index contributed by atoms with van der Waals surface area (Å²) in [7, 11) is 0. The third-order valence-electron chi connectivity index (χ3n) is 2.85. The van der Waals surface area contributed by atoms with Crippen LogP contribution in [0.2, 0.25) is 0 Å². The van der Waals surface area contributed by atoms with E-state index in [0.717, 1.165) is 24.9 Å². The Kier molecular flexibility index (Phi) is 4.62. The number of hydrogen-bond donors (Lipinski definition) is 1. The van der Waals surface area contributed by atoms with Gasteiger partial charge in [0, 0.05) is 13.7 Å². The first-order chi connectivity index (χ1) is 8.99. The fourth-order valence-corrected chi connectivity index (χ4v) is 2.59. The van der Waals surface area contributed by atoms with Gasteiger partial charge in [0.1, 0.15) is 0 Å². The summed E-state index contributed by atoms with van der Waals surface area (Å²) < 4.78 is 2.03. The average molecular weight is 430 g/mol. The fraction of sp³-hybridized carbons (Fsp3) is 0.133. The van der Waals surface area contributed by atoms with E-state index in [2.05, 4.69) is 43.8 Å². The van der Waals surface area contributed by atoms with Crippen molar-refractivity contribution in [2.75, 3.05) is 5.32 Å². The second kappa shape index (κ2) is 6.05. The molecular formula is C15H13BrINO. The smallest absolute Gasteiger partial charge is 0.256 e. The molecule has 19 heavy (non-hydrogen) atoms. The number of nitrogens with one attached hydrogen (secondary N) is 1. The molecule has 0 fully saturated rings. The lowest BCUT2D eigenvalue weighted by molar-refractivity contribution is 0.102. The summed E-state index contributed by atoms with van der Waals surface area (Å²) in [5.74, 6) is -0.0742. The molecule has 0 spiro atoms. The first-order valence-corrected chi connectivity index (χ1v) is 7.69. The maximum absolute atomic E-state index is 12.3. The van der Waals surface area contributed by atoms with Crippen molar-refractivity contribution < 1.29 is 4.79 Å². The highest BCUT2D eigenvalue weighted by molar-refractivity contribution is 14.1. The molecular weight excluding hydrogens is 417 g/mol. The molecule has 0 aromatic heterocycles. The predicted molar refractivity (Wildman–Crippen MR) is 90.7 cm³/mol. The fourth-order valence-electron chi connectivity index (χ4n) is 1.74. The van der Waals surface area contributed by atoms with Gasteiger partial charge in [0.05, 0.1) is 5.56 Å². The highest BCUT2D eigenvalue weighted by Crippen LogP contribution is 2.22. The molecule has 2 aromatic rings. The van der Waals surface area contributed by atoms with Crippen molar-refractivity contribution in [3.8, 4) is 0 Å². The van der Waals surface area contributed by atoms with E-state index in [1.165, 1.54) is 0 Å². The number of carbonyl (C=O) groups is 1. The molecule has 0 aliphatic carbocycles. The summed E-state index contributed by atoms with van der Waals surface area (Å²) in [4.78, 5) is 12.3. The van der Waals surface area contributed by atoms with Crippen LogP contribution in [-0.4, -0.2) is 5.91 Å². The van der Waals surface area contributed by atoms with Gasteiger partial charge < -0.3 is 5.32 Å². The van der Waals surface area contributed by atoms with Crippen LogP contribution in [0.15, 0.2) is 40.9 Å². The van der Waals surface area contributed by atoms with E-state index in [-0.39, 0.29) is 5.91 Å². The van der Waals surface area contributed by atoms with E-state index in [9.17, 15) is 4.79 Å². The molecule has 0 bridgehead atoms. The van der Waals surface area contributed by atoms with Crippen LogP contribution < -0.4 is 5.32 Å². The zero-order valence-corrected chi connectivity index (χ0v) is 14.4. The van der Waals surface area contributed by atoms with Crippen LogP contribution in [0.5, 0.6) is 0 Å². The van der Waals surface area contributed by atoms with Crippen molar-refractivity contribution in [2.24, 2.45) is 0 Å². The molecule has 0 aliphatic rings. The van der Waals surface area contributed by atoms with E-state index in [1.54, 1.807) is 0 Å². The molecule has 1 N–H and O–H groups in total. The molecule has 0 saturated heterocycles. The molecule has 0 aliphatic heterocycles. The quantitative estimate of drug-likeness (QED) is 0.674. The average Bonchev–Trinajstić information content (AvgIpc) is 2.37. The lowest BCUT2D eigenvalue weighted by Crippen LogP contribution is -2.14. The van der Waals surface area contributed by atoms with Gasteiger partial charge in [0.15, 0.2) is 0 Å². The Balaban J connectivity index is 2.26. The highest BCUT2D eigenvalue weighted by atomic mass is 127. The number of rotatable bonds is 2. The van der Waals surface area contributed by atoms with Crippen molar-refractivity contribution >= 4 is 50.1 Å². The summed E-state index contributed by atoms with van der Waals surface area (Å²) in [6, 6.07) is 11.5. The number of hydrogen-bond acceptors (Lipinski definition) is 1. The minimum atomic E-state index is -0.0742. The van der Waals surface area contributed by atoms with Gasteiger partial charge in [-0.1, -0.05) is 28.1 Å². The third kappa shape index (κ3) is 3.36. The second-order valence-electron chi connectivity index (χ2n) is 4.35. The molecule has 0 heterocycles. The Morgan fingerprint density at radius 2 is 1.89 bits per heavy atom. The number of benzene rings is 2. The van der Waals surface area contributed by atoms with E-state index in [1.807, 2.05) is 50.2 Å². The number of halogens is 2. The maximum Gasteiger partial charge on any atom is 0.256 e. The van der Waals surface area contributed by atoms with Gasteiger partial charge >= 0.3 is 0 Å². The van der Waals surface area contributed by atoms with Crippen molar-refractivity contribution in [1.82, 2.24) is 0 Å². The van der Waals surface area contributed by atoms with Crippen molar-refractivity contribution in [1.29, 1.82) is 0 Å². The summed E-state index contributed by atoms with van der Waals surface area (Å²) in [5, 5.41) is 2.93. The van der Waals surface area contributed by atoms with E-state index >= 15 is 0 Å². The number of carbonyl (C=O) groups excluding carboxylic acids is 1. The normalized spacial score (nSPS) is 10.3. The molecule has 2 nitrogen and oxygen atoms in total. The van der Waals surface area contributed by atoms with Crippen LogP contribution >= 0.6 is 38.5 Å². The molecule has 4 heteroatoms. The maximum atomic E-state index is 12.3. The molecule has 2 rings (SSSR count). The highest BCUT2D eigenvalue weighted by Gasteiger charge is 2.11. The van der Waals surface area contributed by atoms with E-state index < -0.39 is 0 Å². The van der Waals surface area contributed by atoms with Crippen LogP contribution in [0.25, 0.3) is 0 Å². The van der Waals surface area contributed by atoms with Gasteiger partial charge in [-0.25, -0.2) is 0 Å². The molecule has 98 valence electrons. The molecule has 2 aromatic carbocycles.